The Labute approximate surface area is 137 Å². The summed E-state index contributed by atoms with van der Waals surface area (Å²) >= 11 is 0. The van der Waals surface area contributed by atoms with Gasteiger partial charge in [0.15, 0.2) is 0 Å². The smallest absolute Gasteiger partial charge is 0.387 e. The van der Waals surface area contributed by atoms with E-state index in [1.807, 2.05) is 30.3 Å². The van der Waals surface area contributed by atoms with Gasteiger partial charge >= 0.3 is 18.4 Å². The van der Waals surface area contributed by atoms with E-state index in [9.17, 15) is 18.4 Å². The summed E-state index contributed by atoms with van der Waals surface area (Å²) in [4.78, 5) is 25.3. The fourth-order valence-electron chi connectivity index (χ4n) is 2.04. The minimum absolute atomic E-state index is 0.104. The van der Waals surface area contributed by atoms with Gasteiger partial charge in [-0.3, -0.25) is 9.59 Å². The van der Waals surface area contributed by atoms with Gasteiger partial charge < -0.3 is 15.0 Å². The second-order valence-electron chi connectivity index (χ2n) is 5.01. The molecular weight excluding hydrogens is 318 g/mol. The topological polar surface area (TPSA) is 58.6 Å². The van der Waals surface area contributed by atoms with Crippen molar-refractivity contribution in [2.24, 2.45) is 0 Å². The number of alkyl halides is 2. The lowest BCUT2D eigenvalue weighted by Crippen LogP contribution is -2.36. The molecular formula is C17H16F2N2O3. The molecule has 0 saturated carbocycles. The van der Waals surface area contributed by atoms with Gasteiger partial charge in [-0.1, -0.05) is 36.4 Å². The third-order valence-electron chi connectivity index (χ3n) is 3.12. The monoisotopic (exact) mass is 334 g/mol. The largest absolute Gasteiger partial charge is 0.435 e. The van der Waals surface area contributed by atoms with Crippen LogP contribution < -0.4 is 10.1 Å². The third-order valence-corrected chi connectivity index (χ3v) is 3.12. The van der Waals surface area contributed by atoms with Crippen LogP contribution in [0.5, 0.6) is 5.75 Å². The number of ether oxygens (including phenoxy) is 1. The predicted molar refractivity (Wildman–Crippen MR) is 84.6 cm³/mol. The minimum atomic E-state index is -2.96. The molecule has 7 heteroatoms. The first-order valence-corrected chi connectivity index (χ1v) is 7.11. The van der Waals surface area contributed by atoms with Crippen molar-refractivity contribution in [1.29, 1.82) is 0 Å². The molecule has 0 spiro atoms. The standard InChI is InChI=1S/C17H16F2N2O3/c1-21(11-12-6-3-2-4-7-12)16(23)15(22)20-13-8-5-9-14(10-13)24-17(18)19/h2-10,17H,11H2,1H3,(H,20,22). The summed E-state index contributed by atoms with van der Waals surface area (Å²) < 4.78 is 28.6. The van der Waals surface area contributed by atoms with E-state index in [4.69, 9.17) is 0 Å². The molecule has 1 N–H and O–H groups in total. The Hall–Kier alpha value is -2.96. The number of nitrogens with zero attached hydrogens (tertiary/aromatic N) is 1. The van der Waals surface area contributed by atoms with Crippen molar-refractivity contribution < 1.29 is 23.1 Å². The van der Waals surface area contributed by atoms with Gasteiger partial charge in [-0.25, -0.2) is 0 Å². The van der Waals surface area contributed by atoms with Gasteiger partial charge in [0, 0.05) is 25.3 Å². The van der Waals surface area contributed by atoms with Crippen molar-refractivity contribution in [2.75, 3.05) is 12.4 Å². The zero-order valence-corrected chi connectivity index (χ0v) is 12.9. The van der Waals surface area contributed by atoms with Crippen LogP contribution in [0.15, 0.2) is 54.6 Å². The van der Waals surface area contributed by atoms with Gasteiger partial charge in [-0.15, -0.1) is 0 Å². The van der Waals surface area contributed by atoms with E-state index in [1.54, 1.807) is 0 Å². The molecule has 0 fully saturated rings. The highest BCUT2D eigenvalue weighted by atomic mass is 19.3. The van der Waals surface area contributed by atoms with Crippen LogP contribution in [0.25, 0.3) is 0 Å². The molecule has 2 aromatic rings. The Morgan fingerprint density at radius 1 is 1.12 bits per heavy atom. The summed E-state index contributed by atoms with van der Waals surface area (Å²) in [7, 11) is 1.51. The van der Waals surface area contributed by atoms with Crippen LogP contribution in [0, 0.1) is 0 Å². The number of carbonyl (C=O) groups excluding carboxylic acids is 2. The second-order valence-corrected chi connectivity index (χ2v) is 5.01. The van der Waals surface area contributed by atoms with E-state index in [1.165, 1.54) is 36.2 Å². The molecule has 0 bridgehead atoms. The van der Waals surface area contributed by atoms with E-state index in [0.29, 0.717) is 0 Å². The molecule has 0 unspecified atom stereocenters. The Balaban J connectivity index is 1.97. The first kappa shape index (κ1) is 17.4. The molecule has 126 valence electrons. The number of nitrogens with one attached hydrogen (secondary N) is 1. The van der Waals surface area contributed by atoms with Crippen LogP contribution in [0.3, 0.4) is 0 Å². The average molecular weight is 334 g/mol. The number of hydrogen-bond acceptors (Lipinski definition) is 3. The highest BCUT2D eigenvalue weighted by Gasteiger charge is 2.19. The summed E-state index contributed by atoms with van der Waals surface area (Å²) in [6, 6.07) is 14.7. The van der Waals surface area contributed by atoms with Crippen molar-refractivity contribution in [3.63, 3.8) is 0 Å². The van der Waals surface area contributed by atoms with Gasteiger partial charge in [0.1, 0.15) is 5.75 Å². The third kappa shape index (κ3) is 5.05. The summed E-state index contributed by atoms with van der Waals surface area (Å²) in [5.41, 5.74) is 1.08. The molecule has 0 aliphatic rings. The lowest BCUT2D eigenvalue weighted by molar-refractivity contribution is -0.142. The normalized spacial score (nSPS) is 10.3. The number of carbonyl (C=O) groups is 2. The Morgan fingerprint density at radius 2 is 1.83 bits per heavy atom. The van der Waals surface area contributed by atoms with Crippen molar-refractivity contribution in [3.05, 3.63) is 60.2 Å². The maximum absolute atomic E-state index is 12.2. The molecule has 2 rings (SSSR count). The van der Waals surface area contributed by atoms with Crippen LogP contribution in [-0.2, 0) is 16.1 Å². The van der Waals surface area contributed by atoms with Crippen molar-refractivity contribution >= 4 is 17.5 Å². The van der Waals surface area contributed by atoms with Crippen molar-refractivity contribution in [1.82, 2.24) is 4.90 Å². The zero-order valence-electron chi connectivity index (χ0n) is 12.9. The molecule has 0 aromatic heterocycles. The number of halogens is 2. The number of likely N-dealkylation sites (N-methyl/N-ethyl adjacent to an activating group) is 1. The van der Waals surface area contributed by atoms with Crippen LogP contribution in [0.1, 0.15) is 5.56 Å². The molecule has 5 nitrogen and oxygen atoms in total. The fraction of sp³-hybridized carbons (Fsp3) is 0.176. The molecule has 0 heterocycles. The average Bonchev–Trinajstić information content (AvgIpc) is 2.54. The van der Waals surface area contributed by atoms with E-state index in [2.05, 4.69) is 10.1 Å². The number of amides is 2. The predicted octanol–water partition coefficient (Wildman–Crippen LogP) is 2.89. The summed E-state index contributed by atoms with van der Waals surface area (Å²) in [5, 5.41) is 2.37. The SMILES string of the molecule is CN(Cc1ccccc1)C(=O)C(=O)Nc1cccc(OC(F)F)c1. The number of anilines is 1. The fourth-order valence-corrected chi connectivity index (χ4v) is 2.04. The van der Waals surface area contributed by atoms with Crippen LogP contribution >= 0.6 is 0 Å². The Morgan fingerprint density at radius 3 is 2.50 bits per heavy atom. The van der Waals surface area contributed by atoms with E-state index in [-0.39, 0.29) is 18.0 Å². The molecule has 24 heavy (non-hydrogen) atoms. The molecule has 2 amide bonds. The molecule has 0 radical (unpaired) electrons. The van der Waals surface area contributed by atoms with Crippen LogP contribution in [-0.4, -0.2) is 30.4 Å². The second kappa shape index (κ2) is 8.05. The van der Waals surface area contributed by atoms with Crippen LogP contribution in [0.4, 0.5) is 14.5 Å². The summed E-state index contributed by atoms with van der Waals surface area (Å²) in [6.07, 6.45) is 0. The molecule has 0 atom stereocenters. The van der Waals surface area contributed by atoms with Gasteiger partial charge in [-0.05, 0) is 17.7 Å². The lowest BCUT2D eigenvalue weighted by atomic mass is 10.2. The minimum Gasteiger partial charge on any atom is -0.435 e. The maximum atomic E-state index is 12.2. The highest BCUT2D eigenvalue weighted by Crippen LogP contribution is 2.19. The Bertz CT molecular complexity index is 708. The van der Waals surface area contributed by atoms with E-state index >= 15 is 0 Å². The molecule has 2 aromatic carbocycles. The van der Waals surface area contributed by atoms with Crippen molar-refractivity contribution in [3.8, 4) is 5.75 Å². The van der Waals surface area contributed by atoms with E-state index in [0.717, 1.165) is 5.56 Å². The van der Waals surface area contributed by atoms with Gasteiger partial charge in [0.05, 0.1) is 0 Å². The highest BCUT2D eigenvalue weighted by molar-refractivity contribution is 6.39. The summed E-state index contributed by atoms with van der Waals surface area (Å²) in [6.45, 7) is -2.68. The zero-order chi connectivity index (χ0) is 17.5. The first-order valence-electron chi connectivity index (χ1n) is 7.11. The lowest BCUT2D eigenvalue weighted by Gasteiger charge is -2.17. The number of hydrogen-bond donors (Lipinski definition) is 1. The van der Waals surface area contributed by atoms with Gasteiger partial charge in [-0.2, -0.15) is 8.78 Å². The number of benzene rings is 2. The van der Waals surface area contributed by atoms with E-state index < -0.39 is 18.4 Å². The molecule has 0 saturated heterocycles. The first-order chi connectivity index (χ1) is 11.5. The van der Waals surface area contributed by atoms with Gasteiger partial charge in [0.2, 0.25) is 0 Å². The Kier molecular flexibility index (Phi) is 5.83. The quantitative estimate of drug-likeness (QED) is 0.856. The van der Waals surface area contributed by atoms with Crippen LogP contribution in [0.2, 0.25) is 0 Å². The maximum Gasteiger partial charge on any atom is 0.387 e. The number of rotatable bonds is 5. The van der Waals surface area contributed by atoms with Gasteiger partial charge in [0.25, 0.3) is 0 Å². The van der Waals surface area contributed by atoms with Crippen molar-refractivity contribution in [2.45, 2.75) is 13.2 Å². The molecule has 0 aliphatic heterocycles. The molecule has 0 aliphatic carbocycles. The summed E-state index contributed by atoms with van der Waals surface area (Å²) in [5.74, 6) is -1.70.